The third-order valence-corrected chi connectivity index (χ3v) is 8.38. The number of aromatic nitrogens is 1. The molecule has 1 atom stereocenters. The fourth-order valence-corrected chi connectivity index (χ4v) is 5.78. The quantitative estimate of drug-likeness (QED) is 0.142. The topological polar surface area (TPSA) is 99.6 Å². The molecule has 0 aliphatic rings. The van der Waals surface area contributed by atoms with Crippen molar-refractivity contribution in [3.8, 4) is 0 Å². The van der Waals surface area contributed by atoms with Crippen molar-refractivity contribution in [2.45, 2.75) is 32.7 Å². The summed E-state index contributed by atoms with van der Waals surface area (Å²) in [5.74, 6) is -1.69. The van der Waals surface area contributed by atoms with Crippen LogP contribution < -0.4 is 5.32 Å². The first-order valence-electron chi connectivity index (χ1n) is 15.6. The minimum atomic E-state index is -1.17. The van der Waals surface area contributed by atoms with Gasteiger partial charge in [-0.15, -0.1) is 0 Å². The smallest absolute Gasteiger partial charge is 0.336 e. The van der Waals surface area contributed by atoms with Gasteiger partial charge in [-0.3, -0.25) is 9.59 Å². The van der Waals surface area contributed by atoms with Crippen LogP contribution in [0, 0.1) is 0 Å². The Morgan fingerprint density at radius 1 is 0.830 bits per heavy atom. The first kappa shape index (κ1) is 33.1. The summed E-state index contributed by atoms with van der Waals surface area (Å²) in [6, 6.07) is 30.6. The van der Waals surface area contributed by atoms with Crippen molar-refractivity contribution in [1.29, 1.82) is 0 Å². The average molecular weight is 646 g/mol. The van der Waals surface area contributed by atoms with Gasteiger partial charge in [-0.25, -0.2) is 9.78 Å². The van der Waals surface area contributed by atoms with E-state index in [4.69, 9.17) is 16.6 Å². The number of hydrogen-bond donors (Lipinski definition) is 2. The van der Waals surface area contributed by atoms with Crippen LogP contribution in [-0.4, -0.2) is 45.9 Å². The molecule has 238 valence electrons. The van der Waals surface area contributed by atoms with Crippen molar-refractivity contribution < 1.29 is 19.5 Å². The number of amides is 2. The van der Waals surface area contributed by atoms with Crippen molar-refractivity contribution in [2.75, 3.05) is 13.1 Å². The molecule has 4 aromatic carbocycles. The lowest BCUT2D eigenvalue weighted by atomic mass is 9.94. The first-order chi connectivity index (χ1) is 22.8. The van der Waals surface area contributed by atoms with E-state index in [0.717, 1.165) is 33.3 Å². The first-order valence-corrected chi connectivity index (χ1v) is 16.0. The van der Waals surface area contributed by atoms with Gasteiger partial charge in [0.15, 0.2) is 0 Å². The van der Waals surface area contributed by atoms with E-state index >= 15 is 0 Å². The zero-order valence-corrected chi connectivity index (χ0v) is 27.1. The van der Waals surface area contributed by atoms with Gasteiger partial charge in [-0.1, -0.05) is 78.3 Å². The molecular formula is C39H36ClN3O4. The summed E-state index contributed by atoms with van der Waals surface area (Å²) in [6.07, 6.45) is 4.87. The minimum absolute atomic E-state index is 0.0294. The fraction of sp³-hybridized carbons (Fsp3) is 0.179. The molecule has 8 heteroatoms. The molecule has 7 nitrogen and oxygen atoms in total. The highest BCUT2D eigenvalue weighted by atomic mass is 35.5. The molecule has 0 unspecified atom stereocenters. The van der Waals surface area contributed by atoms with Crippen LogP contribution >= 0.6 is 11.6 Å². The summed E-state index contributed by atoms with van der Waals surface area (Å²) in [4.78, 5) is 45.3. The summed E-state index contributed by atoms with van der Waals surface area (Å²) in [5, 5.41) is 14.4. The highest BCUT2D eigenvalue weighted by Gasteiger charge is 2.22. The van der Waals surface area contributed by atoms with Gasteiger partial charge in [0.1, 0.15) is 0 Å². The second kappa shape index (κ2) is 15.3. The maximum atomic E-state index is 13.6. The van der Waals surface area contributed by atoms with Crippen LogP contribution in [-0.2, 0) is 6.42 Å². The van der Waals surface area contributed by atoms with Crippen LogP contribution in [0.3, 0.4) is 0 Å². The number of carbonyl (C=O) groups excluding carboxylic acids is 2. The summed E-state index contributed by atoms with van der Waals surface area (Å²) in [6.45, 7) is 5.12. The van der Waals surface area contributed by atoms with Crippen LogP contribution in [0.4, 0.5) is 0 Å². The summed E-state index contributed by atoms with van der Waals surface area (Å²) in [5.41, 5.74) is 4.86. The van der Waals surface area contributed by atoms with E-state index in [-0.39, 0.29) is 17.0 Å². The number of aromatic carboxylic acids is 1. The van der Waals surface area contributed by atoms with Gasteiger partial charge < -0.3 is 15.3 Å². The van der Waals surface area contributed by atoms with E-state index in [0.29, 0.717) is 36.5 Å². The Balaban J connectivity index is 1.45. The third-order valence-electron chi connectivity index (χ3n) is 8.14. The van der Waals surface area contributed by atoms with Crippen molar-refractivity contribution in [1.82, 2.24) is 15.2 Å². The second-order valence-corrected chi connectivity index (χ2v) is 11.6. The number of carboxylic acids is 1. The van der Waals surface area contributed by atoms with Gasteiger partial charge in [-0.05, 0) is 91.9 Å². The van der Waals surface area contributed by atoms with Crippen molar-refractivity contribution in [3.05, 3.63) is 147 Å². The molecule has 0 bridgehead atoms. The molecule has 5 rings (SSSR count). The van der Waals surface area contributed by atoms with Crippen molar-refractivity contribution >= 4 is 52.4 Å². The molecule has 2 N–H and O–H groups in total. The van der Waals surface area contributed by atoms with Gasteiger partial charge in [0.25, 0.3) is 11.8 Å². The summed E-state index contributed by atoms with van der Waals surface area (Å²) >= 11 is 6.17. The molecule has 0 radical (unpaired) electrons. The molecule has 2 amide bonds. The molecule has 0 spiro atoms. The number of benzene rings is 4. The number of nitrogens with one attached hydrogen (secondary N) is 1. The zero-order chi connectivity index (χ0) is 33.3. The number of pyridine rings is 1. The average Bonchev–Trinajstić information content (AvgIpc) is 3.09. The van der Waals surface area contributed by atoms with E-state index in [2.05, 4.69) is 5.32 Å². The Morgan fingerprint density at radius 2 is 1.53 bits per heavy atom. The molecule has 0 aliphatic carbocycles. The standard InChI is InChI=1S/C39H36ClN3O4/c1-3-43(4-2)38(45)32-13-6-5-11-27(32)19-23-35(42-37(44)33-14-7-8-15-34(33)39(46)47)29-12-9-10-26(24-29)16-21-31-22-18-28-17-20-30(40)25-36(28)41-31/h5-18,20-22,24-25,35H,3-4,19,23H2,1-2H3,(H,42,44)(H,46,47)/b21-16+/t35-/m1/s1. The number of hydrogen-bond acceptors (Lipinski definition) is 4. The van der Waals surface area contributed by atoms with Gasteiger partial charge in [0.2, 0.25) is 0 Å². The second-order valence-electron chi connectivity index (χ2n) is 11.1. The highest BCUT2D eigenvalue weighted by Crippen LogP contribution is 2.25. The Labute approximate surface area is 279 Å². The molecule has 0 aliphatic heterocycles. The lowest BCUT2D eigenvalue weighted by Crippen LogP contribution is -2.32. The number of halogens is 1. The largest absolute Gasteiger partial charge is 0.478 e. The molecule has 47 heavy (non-hydrogen) atoms. The number of rotatable bonds is 12. The lowest BCUT2D eigenvalue weighted by Gasteiger charge is -2.23. The lowest BCUT2D eigenvalue weighted by molar-refractivity contribution is 0.0689. The third kappa shape index (κ3) is 8.12. The van der Waals surface area contributed by atoms with Crippen LogP contribution in [0.25, 0.3) is 23.1 Å². The molecule has 0 saturated heterocycles. The monoisotopic (exact) mass is 645 g/mol. The maximum absolute atomic E-state index is 13.6. The van der Waals surface area contributed by atoms with Gasteiger partial charge in [-0.2, -0.15) is 0 Å². The van der Waals surface area contributed by atoms with Crippen molar-refractivity contribution in [3.63, 3.8) is 0 Å². The number of fused-ring (bicyclic) bond motifs is 1. The molecule has 5 aromatic rings. The van der Waals surface area contributed by atoms with Gasteiger partial charge >= 0.3 is 5.97 Å². The van der Waals surface area contributed by atoms with E-state index in [1.54, 1.807) is 17.0 Å². The normalized spacial score (nSPS) is 11.8. The predicted octanol–water partition coefficient (Wildman–Crippen LogP) is 8.34. The molecule has 0 saturated carbocycles. The Bertz CT molecular complexity index is 1950. The van der Waals surface area contributed by atoms with Crippen LogP contribution in [0.15, 0.2) is 103 Å². The minimum Gasteiger partial charge on any atom is -0.478 e. The summed E-state index contributed by atoms with van der Waals surface area (Å²) in [7, 11) is 0. The molecule has 1 aromatic heterocycles. The molecule has 1 heterocycles. The molecular weight excluding hydrogens is 610 g/mol. The van der Waals surface area contributed by atoms with Crippen LogP contribution in [0.5, 0.6) is 0 Å². The number of carboxylic acid groups (broad SMARTS) is 1. The van der Waals surface area contributed by atoms with E-state index in [1.807, 2.05) is 105 Å². The van der Waals surface area contributed by atoms with Crippen LogP contribution in [0.1, 0.15) is 79.8 Å². The van der Waals surface area contributed by atoms with E-state index in [1.165, 1.54) is 12.1 Å². The van der Waals surface area contributed by atoms with Gasteiger partial charge in [0, 0.05) is 29.1 Å². The fourth-order valence-electron chi connectivity index (χ4n) is 5.61. The zero-order valence-electron chi connectivity index (χ0n) is 26.3. The highest BCUT2D eigenvalue weighted by molar-refractivity contribution is 6.31. The maximum Gasteiger partial charge on any atom is 0.336 e. The van der Waals surface area contributed by atoms with Crippen LogP contribution in [0.2, 0.25) is 5.02 Å². The number of nitrogens with zero attached hydrogens (tertiary/aromatic N) is 2. The van der Waals surface area contributed by atoms with E-state index in [9.17, 15) is 19.5 Å². The Hall–Kier alpha value is -5.27. The summed E-state index contributed by atoms with van der Waals surface area (Å²) < 4.78 is 0. The molecule has 0 fully saturated rings. The Kier molecular flexibility index (Phi) is 10.8. The van der Waals surface area contributed by atoms with Crippen molar-refractivity contribution in [2.24, 2.45) is 0 Å². The van der Waals surface area contributed by atoms with Gasteiger partial charge in [0.05, 0.1) is 28.4 Å². The van der Waals surface area contributed by atoms with E-state index < -0.39 is 17.9 Å². The Morgan fingerprint density at radius 3 is 2.28 bits per heavy atom. The number of carbonyl (C=O) groups is 3. The predicted molar refractivity (Wildman–Crippen MR) is 188 cm³/mol. The SMILES string of the molecule is CCN(CC)C(=O)c1ccccc1CC[C@@H](NC(=O)c1ccccc1C(=O)O)c1cccc(/C=C/c2ccc3ccc(Cl)cc3n2)c1. The number of aryl methyl sites for hydroxylation is 1.